The topological polar surface area (TPSA) is 91.4 Å². The number of aryl methyl sites for hydroxylation is 1. The van der Waals surface area contributed by atoms with Crippen LogP contribution in [0.3, 0.4) is 0 Å². The number of hydrogen-bond donors (Lipinski definition) is 3. The summed E-state index contributed by atoms with van der Waals surface area (Å²) in [4.78, 5) is 24.2. The molecule has 1 aromatic heterocycles. The lowest BCUT2D eigenvalue weighted by Gasteiger charge is -2.30. The van der Waals surface area contributed by atoms with Gasteiger partial charge in [-0.25, -0.2) is 9.78 Å². The number of carbonyl (C=O) groups excluding carboxylic acids is 1. The molecular weight excluding hydrogens is 416 g/mol. The number of nitrogens with zero attached hydrogens (tertiary/aromatic N) is 3. The van der Waals surface area contributed by atoms with Gasteiger partial charge in [-0.3, -0.25) is 0 Å². The monoisotopic (exact) mass is 452 g/mol. The molecule has 1 heterocycles. The van der Waals surface area contributed by atoms with Crippen molar-refractivity contribution in [2.24, 2.45) is 0 Å². The van der Waals surface area contributed by atoms with E-state index in [-0.39, 0.29) is 12.1 Å². The van der Waals surface area contributed by atoms with E-state index < -0.39 is 0 Å². The Hall–Kier alpha value is -3.03. The van der Waals surface area contributed by atoms with Crippen molar-refractivity contribution < 1.29 is 9.53 Å². The van der Waals surface area contributed by atoms with E-state index in [9.17, 15) is 4.79 Å². The SMILES string of the molecule is CCOc1ccc(NC(=O)N[C@H]2CC[C@@H](Nc3nc4c(c(N(C)C)n3)CCCC4)CC2)cc1. The molecule has 2 amide bonds. The molecule has 8 nitrogen and oxygen atoms in total. The summed E-state index contributed by atoms with van der Waals surface area (Å²) < 4.78 is 5.44. The number of aromatic nitrogens is 2. The van der Waals surface area contributed by atoms with Crippen LogP contribution in [0, 0.1) is 0 Å². The second-order valence-corrected chi connectivity index (χ2v) is 9.15. The molecule has 1 fully saturated rings. The van der Waals surface area contributed by atoms with E-state index in [4.69, 9.17) is 14.7 Å². The lowest BCUT2D eigenvalue weighted by Crippen LogP contribution is -2.42. The van der Waals surface area contributed by atoms with Gasteiger partial charge in [-0.15, -0.1) is 0 Å². The summed E-state index contributed by atoms with van der Waals surface area (Å²) in [6, 6.07) is 7.77. The molecule has 0 radical (unpaired) electrons. The molecular formula is C25H36N6O2. The van der Waals surface area contributed by atoms with Crippen molar-refractivity contribution in [3.63, 3.8) is 0 Å². The number of carbonyl (C=O) groups is 1. The van der Waals surface area contributed by atoms with E-state index in [2.05, 4.69) is 34.9 Å². The molecule has 0 unspecified atom stereocenters. The molecule has 0 spiro atoms. The minimum atomic E-state index is -0.163. The molecule has 8 heteroatoms. The van der Waals surface area contributed by atoms with Gasteiger partial charge in [0.2, 0.25) is 5.95 Å². The van der Waals surface area contributed by atoms with Crippen LogP contribution in [-0.2, 0) is 12.8 Å². The van der Waals surface area contributed by atoms with Crippen molar-refractivity contribution >= 4 is 23.5 Å². The summed E-state index contributed by atoms with van der Waals surface area (Å²) in [5.41, 5.74) is 3.26. The molecule has 1 aromatic carbocycles. The molecule has 2 aliphatic carbocycles. The fraction of sp³-hybridized carbons (Fsp3) is 0.560. The molecule has 4 rings (SSSR count). The first-order valence-electron chi connectivity index (χ1n) is 12.2. The third-order valence-electron chi connectivity index (χ3n) is 6.40. The van der Waals surface area contributed by atoms with Crippen LogP contribution in [0.4, 0.5) is 22.2 Å². The van der Waals surface area contributed by atoms with Gasteiger partial charge >= 0.3 is 6.03 Å². The normalized spacial score (nSPS) is 19.8. The van der Waals surface area contributed by atoms with Crippen molar-refractivity contribution in [1.82, 2.24) is 15.3 Å². The number of anilines is 3. The van der Waals surface area contributed by atoms with Crippen LogP contribution in [0.15, 0.2) is 24.3 Å². The summed E-state index contributed by atoms with van der Waals surface area (Å²) >= 11 is 0. The number of hydrogen-bond acceptors (Lipinski definition) is 6. The van der Waals surface area contributed by atoms with Crippen molar-refractivity contribution in [3.8, 4) is 5.75 Å². The Kier molecular flexibility index (Phi) is 7.52. The average molecular weight is 453 g/mol. The fourth-order valence-corrected chi connectivity index (χ4v) is 4.73. The van der Waals surface area contributed by atoms with Crippen molar-refractivity contribution in [3.05, 3.63) is 35.5 Å². The fourth-order valence-electron chi connectivity index (χ4n) is 4.73. The van der Waals surface area contributed by atoms with E-state index >= 15 is 0 Å². The molecule has 2 aromatic rings. The quantitative estimate of drug-likeness (QED) is 0.578. The van der Waals surface area contributed by atoms with Crippen LogP contribution in [0.25, 0.3) is 0 Å². The first kappa shape index (κ1) is 23.1. The Bertz CT molecular complexity index is 939. The maximum atomic E-state index is 12.4. The average Bonchev–Trinajstić information content (AvgIpc) is 2.81. The summed E-state index contributed by atoms with van der Waals surface area (Å²) in [5, 5.41) is 9.59. The molecule has 0 bridgehead atoms. The van der Waals surface area contributed by atoms with Crippen molar-refractivity contribution in [1.29, 1.82) is 0 Å². The van der Waals surface area contributed by atoms with E-state index in [1.54, 1.807) is 0 Å². The standard InChI is InChI=1S/C25H36N6O2/c1-4-33-20-15-13-19(14-16-20)28-25(32)27-18-11-9-17(10-12-18)26-24-29-22-8-6-5-7-21(22)23(30-24)31(2)3/h13-18H,4-12H2,1-3H3,(H,26,29,30)(H2,27,28,32)/t17-,18+. The third kappa shape index (κ3) is 6.06. The summed E-state index contributed by atoms with van der Waals surface area (Å²) in [6.07, 6.45) is 8.34. The lowest BCUT2D eigenvalue weighted by molar-refractivity contribution is 0.243. The van der Waals surface area contributed by atoms with Crippen LogP contribution in [0.5, 0.6) is 5.75 Å². The van der Waals surface area contributed by atoms with Gasteiger partial charge in [-0.2, -0.15) is 4.98 Å². The van der Waals surface area contributed by atoms with Gasteiger partial charge in [0.25, 0.3) is 0 Å². The zero-order valence-corrected chi connectivity index (χ0v) is 20.0. The first-order chi connectivity index (χ1) is 16.0. The molecule has 178 valence electrons. The number of nitrogens with one attached hydrogen (secondary N) is 3. The smallest absolute Gasteiger partial charge is 0.319 e. The van der Waals surface area contributed by atoms with Gasteiger partial charge in [-0.1, -0.05) is 0 Å². The molecule has 3 N–H and O–H groups in total. The summed E-state index contributed by atoms with van der Waals surface area (Å²) in [7, 11) is 4.10. The Morgan fingerprint density at radius 3 is 2.42 bits per heavy atom. The number of urea groups is 1. The lowest BCUT2D eigenvalue weighted by atomic mass is 9.91. The molecule has 0 atom stereocenters. The third-order valence-corrected chi connectivity index (χ3v) is 6.40. The van der Waals surface area contributed by atoms with E-state index in [0.717, 1.165) is 61.7 Å². The zero-order chi connectivity index (χ0) is 23.2. The maximum Gasteiger partial charge on any atom is 0.319 e. The van der Waals surface area contributed by atoms with E-state index in [1.807, 2.05) is 31.2 Å². The predicted molar refractivity (Wildman–Crippen MR) is 132 cm³/mol. The van der Waals surface area contributed by atoms with Gasteiger partial charge < -0.3 is 25.6 Å². The van der Waals surface area contributed by atoms with Crippen molar-refractivity contribution in [2.45, 2.75) is 70.4 Å². The second-order valence-electron chi connectivity index (χ2n) is 9.15. The van der Waals surface area contributed by atoms with Crippen LogP contribution in [0.1, 0.15) is 56.7 Å². The van der Waals surface area contributed by atoms with Crippen LogP contribution in [0.2, 0.25) is 0 Å². The minimum Gasteiger partial charge on any atom is -0.494 e. The highest BCUT2D eigenvalue weighted by atomic mass is 16.5. The van der Waals surface area contributed by atoms with Gasteiger partial charge in [0.1, 0.15) is 11.6 Å². The van der Waals surface area contributed by atoms with Crippen LogP contribution in [-0.4, -0.2) is 48.8 Å². The highest BCUT2D eigenvalue weighted by molar-refractivity contribution is 5.89. The van der Waals surface area contributed by atoms with Crippen molar-refractivity contribution in [2.75, 3.05) is 36.2 Å². The number of ether oxygens (including phenoxy) is 1. The Balaban J connectivity index is 1.27. The minimum absolute atomic E-state index is 0.163. The number of fused-ring (bicyclic) bond motifs is 1. The Morgan fingerprint density at radius 1 is 1.03 bits per heavy atom. The van der Waals surface area contributed by atoms with Crippen LogP contribution >= 0.6 is 0 Å². The number of amides is 2. The number of benzene rings is 1. The summed E-state index contributed by atoms with van der Waals surface area (Å²) in [5.74, 6) is 2.59. The molecule has 1 saturated carbocycles. The van der Waals surface area contributed by atoms with Gasteiger partial charge in [0, 0.05) is 37.4 Å². The van der Waals surface area contributed by atoms with Gasteiger partial charge in [-0.05, 0) is 82.6 Å². The maximum absolute atomic E-state index is 12.4. The largest absolute Gasteiger partial charge is 0.494 e. The van der Waals surface area contributed by atoms with Crippen LogP contribution < -0.4 is 25.6 Å². The molecule has 0 aliphatic heterocycles. The highest BCUT2D eigenvalue weighted by Gasteiger charge is 2.25. The first-order valence-corrected chi connectivity index (χ1v) is 12.2. The Labute approximate surface area is 196 Å². The number of rotatable bonds is 7. The highest BCUT2D eigenvalue weighted by Crippen LogP contribution is 2.29. The molecule has 0 saturated heterocycles. The second kappa shape index (κ2) is 10.7. The predicted octanol–water partition coefficient (Wildman–Crippen LogP) is 4.36. The summed E-state index contributed by atoms with van der Waals surface area (Å²) in [6.45, 7) is 2.57. The van der Waals surface area contributed by atoms with E-state index in [1.165, 1.54) is 24.1 Å². The Morgan fingerprint density at radius 2 is 1.73 bits per heavy atom. The van der Waals surface area contributed by atoms with E-state index in [0.29, 0.717) is 12.6 Å². The van der Waals surface area contributed by atoms with Gasteiger partial charge in [0.05, 0.1) is 12.3 Å². The van der Waals surface area contributed by atoms with Gasteiger partial charge in [0.15, 0.2) is 0 Å². The molecule has 33 heavy (non-hydrogen) atoms. The molecule has 2 aliphatic rings. The zero-order valence-electron chi connectivity index (χ0n) is 20.0.